The van der Waals surface area contributed by atoms with Gasteiger partial charge in [0, 0.05) is 42.1 Å². The third-order valence-corrected chi connectivity index (χ3v) is 2.80. The molecule has 0 fully saturated rings. The lowest BCUT2D eigenvalue weighted by Gasteiger charge is -2.08. The van der Waals surface area contributed by atoms with Gasteiger partial charge in [0.15, 0.2) is 0 Å². The molecule has 0 aliphatic rings. The summed E-state index contributed by atoms with van der Waals surface area (Å²) in [7, 11) is 0. The molecule has 0 amide bonds. The van der Waals surface area contributed by atoms with E-state index in [0.717, 1.165) is 25.3 Å². The van der Waals surface area contributed by atoms with Crippen molar-refractivity contribution in [2.24, 2.45) is 0 Å². The summed E-state index contributed by atoms with van der Waals surface area (Å²) >= 11 is 3.30. The number of halogens is 1. The van der Waals surface area contributed by atoms with Crippen molar-refractivity contribution in [3.8, 4) is 0 Å². The van der Waals surface area contributed by atoms with Crippen LogP contribution in [0.1, 0.15) is 13.3 Å². The highest BCUT2D eigenvalue weighted by atomic mass is 79.9. The average molecular weight is 303 g/mol. The Balaban J connectivity index is 2.46. The molecule has 1 aromatic rings. The predicted molar refractivity (Wildman–Crippen MR) is 70.4 cm³/mol. The molecule has 1 rings (SSSR count). The lowest BCUT2D eigenvalue weighted by Crippen LogP contribution is -2.06. The largest absolute Gasteiger partial charge is 0.384 e. The maximum absolute atomic E-state index is 10.5. The summed E-state index contributed by atoms with van der Waals surface area (Å²) in [6.45, 7) is 4.17. The van der Waals surface area contributed by atoms with E-state index in [-0.39, 0.29) is 5.69 Å². The molecule has 17 heavy (non-hydrogen) atoms. The summed E-state index contributed by atoms with van der Waals surface area (Å²) < 4.78 is 5.91. The van der Waals surface area contributed by atoms with Crippen LogP contribution < -0.4 is 5.32 Å². The number of non-ortho nitro benzene ring substituents is 1. The Morgan fingerprint density at radius 3 is 2.88 bits per heavy atom. The van der Waals surface area contributed by atoms with Crippen molar-refractivity contribution in [3.63, 3.8) is 0 Å². The maximum atomic E-state index is 10.5. The number of hydrogen-bond donors (Lipinski definition) is 1. The van der Waals surface area contributed by atoms with E-state index in [9.17, 15) is 10.1 Å². The topological polar surface area (TPSA) is 64.4 Å². The first-order valence-corrected chi connectivity index (χ1v) is 6.20. The SMILES string of the molecule is CCOCCCNc1ccc([N+](=O)[O-])cc1Br. The van der Waals surface area contributed by atoms with E-state index in [2.05, 4.69) is 21.2 Å². The Labute approximate surface area is 108 Å². The number of anilines is 1. The van der Waals surface area contributed by atoms with E-state index < -0.39 is 4.92 Å². The van der Waals surface area contributed by atoms with Gasteiger partial charge in [-0.15, -0.1) is 0 Å². The zero-order chi connectivity index (χ0) is 12.7. The zero-order valence-corrected chi connectivity index (χ0v) is 11.2. The van der Waals surface area contributed by atoms with E-state index in [1.807, 2.05) is 6.92 Å². The third-order valence-electron chi connectivity index (χ3n) is 2.15. The lowest BCUT2D eigenvalue weighted by molar-refractivity contribution is -0.384. The number of nitrogens with zero attached hydrogens (tertiary/aromatic N) is 1. The van der Waals surface area contributed by atoms with Crippen LogP contribution in [0.25, 0.3) is 0 Å². The minimum absolute atomic E-state index is 0.0803. The molecule has 0 atom stereocenters. The average Bonchev–Trinajstić information content (AvgIpc) is 2.30. The van der Waals surface area contributed by atoms with Gasteiger partial charge in [-0.3, -0.25) is 10.1 Å². The molecule has 0 aromatic heterocycles. The summed E-state index contributed by atoms with van der Waals surface area (Å²) in [4.78, 5) is 10.1. The molecular formula is C11H15BrN2O3. The highest BCUT2D eigenvalue weighted by Gasteiger charge is 2.08. The summed E-state index contributed by atoms with van der Waals surface area (Å²) in [5.74, 6) is 0. The van der Waals surface area contributed by atoms with Gasteiger partial charge in [0.1, 0.15) is 0 Å². The lowest BCUT2D eigenvalue weighted by atomic mass is 10.3. The first kappa shape index (κ1) is 13.9. The van der Waals surface area contributed by atoms with Gasteiger partial charge in [-0.2, -0.15) is 0 Å². The Hall–Kier alpha value is -1.14. The molecule has 0 unspecified atom stereocenters. The first-order valence-electron chi connectivity index (χ1n) is 5.40. The number of hydrogen-bond acceptors (Lipinski definition) is 4. The van der Waals surface area contributed by atoms with Crippen LogP contribution in [0.15, 0.2) is 22.7 Å². The van der Waals surface area contributed by atoms with Crippen LogP contribution in [0.5, 0.6) is 0 Å². The number of rotatable bonds is 7. The van der Waals surface area contributed by atoms with Crippen molar-refractivity contribution in [2.45, 2.75) is 13.3 Å². The number of ether oxygens (including phenoxy) is 1. The van der Waals surface area contributed by atoms with Gasteiger partial charge in [-0.05, 0) is 35.3 Å². The van der Waals surface area contributed by atoms with Crippen molar-refractivity contribution in [2.75, 3.05) is 25.1 Å². The van der Waals surface area contributed by atoms with Gasteiger partial charge in [0.2, 0.25) is 0 Å². The van der Waals surface area contributed by atoms with E-state index in [0.29, 0.717) is 11.1 Å². The minimum Gasteiger partial charge on any atom is -0.384 e. The summed E-state index contributed by atoms with van der Waals surface area (Å²) in [5, 5.41) is 13.7. The highest BCUT2D eigenvalue weighted by Crippen LogP contribution is 2.26. The second-order valence-electron chi connectivity index (χ2n) is 3.40. The van der Waals surface area contributed by atoms with Gasteiger partial charge in [-0.1, -0.05) is 0 Å². The van der Waals surface area contributed by atoms with Gasteiger partial charge in [0.25, 0.3) is 5.69 Å². The fourth-order valence-corrected chi connectivity index (χ4v) is 1.81. The molecule has 0 bridgehead atoms. The van der Waals surface area contributed by atoms with Gasteiger partial charge < -0.3 is 10.1 Å². The molecular weight excluding hydrogens is 288 g/mol. The monoisotopic (exact) mass is 302 g/mol. The maximum Gasteiger partial charge on any atom is 0.270 e. The van der Waals surface area contributed by atoms with Gasteiger partial charge >= 0.3 is 0 Å². The van der Waals surface area contributed by atoms with Crippen LogP contribution in [-0.2, 0) is 4.74 Å². The number of nitrogens with one attached hydrogen (secondary N) is 1. The molecule has 0 spiro atoms. The second kappa shape index (κ2) is 7.24. The van der Waals surface area contributed by atoms with Crippen molar-refractivity contribution in [1.29, 1.82) is 0 Å². The molecule has 1 aromatic carbocycles. The van der Waals surface area contributed by atoms with E-state index in [1.54, 1.807) is 6.07 Å². The molecule has 0 saturated heterocycles. The third kappa shape index (κ3) is 4.70. The van der Waals surface area contributed by atoms with Gasteiger partial charge in [-0.25, -0.2) is 0 Å². The molecule has 1 N–H and O–H groups in total. The van der Waals surface area contributed by atoms with E-state index in [1.165, 1.54) is 12.1 Å². The molecule has 0 aliphatic carbocycles. The minimum atomic E-state index is -0.413. The van der Waals surface area contributed by atoms with Crippen LogP contribution >= 0.6 is 15.9 Å². The number of benzene rings is 1. The van der Waals surface area contributed by atoms with Crippen LogP contribution in [-0.4, -0.2) is 24.7 Å². The van der Waals surface area contributed by atoms with Crippen LogP contribution in [0.3, 0.4) is 0 Å². The van der Waals surface area contributed by atoms with Crippen molar-refractivity contribution >= 4 is 27.3 Å². The number of nitro groups is 1. The standard InChI is InChI=1S/C11H15BrN2O3/c1-2-17-7-3-6-13-11-5-4-9(14(15)16)8-10(11)12/h4-5,8,13H,2-3,6-7H2,1H3. The smallest absolute Gasteiger partial charge is 0.270 e. The summed E-state index contributed by atoms with van der Waals surface area (Å²) in [5.41, 5.74) is 0.934. The van der Waals surface area contributed by atoms with Crippen LogP contribution in [0.4, 0.5) is 11.4 Å². The Kier molecular flexibility index (Phi) is 5.93. The highest BCUT2D eigenvalue weighted by molar-refractivity contribution is 9.10. The summed E-state index contributed by atoms with van der Waals surface area (Å²) in [6.07, 6.45) is 0.900. The van der Waals surface area contributed by atoms with Gasteiger partial charge in [0.05, 0.1) is 4.92 Å². The Morgan fingerprint density at radius 1 is 1.53 bits per heavy atom. The van der Waals surface area contributed by atoms with Crippen molar-refractivity contribution < 1.29 is 9.66 Å². The fraction of sp³-hybridized carbons (Fsp3) is 0.455. The normalized spacial score (nSPS) is 10.2. The molecule has 6 heteroatoms. The van der Waals surface area contributed by atoms with Crippen LogP contribution in [0, 0.1) is 10.1 Å². The Bertz CT molecular complexity index is 385. The molecule has 5 nitrogen and oxygen atoms in total. The fourth-order valence-electron chi connectivity index (χ4n) is 1.30. The molecule has 0 aliphatic heterocycles. The molecule has 94 valence electrons. The Morgan fingerprint density at radius 2 is 2.29 bits per heavy atom. The second-order valence-corrected chi connectivity index (χ2v) is 4.25. The van der Waals surface area contributed by atoms with Crippen molar-refractivity contribution in [3.05, 3.63) is 32.8 Å². The molecule has 0 radical (unpaired) electrons. The predicted octanol–water partition coefficient (Wildman–Crippen LogP) is 3.20. The quantitative estimate of drug-likeness (QED) is 0.477. The van der Waals surface area contributed by atoms with E-state index >= 15 is 0 Å². The van der Waals surface area contributed by atoms with E-state index in [4.69, 9.17) is 4.74 Å². The summed E-state index contributed by atoms with van der Waals surface area (Å²) in [6, 6.07) is 4.67. The zero-order valence-electron chi connectivity index (χ0n) is 9.61. The number of nitro benzene ring substituents is 1. The van der Waals surface area contributed by atoms with Crippen LogP contribution in [0.2, 0.25) is 0 Å². The molecule has 0 saturated carbocycles. The van der Waals surface area contributed by atoms with Crippen molar-refractivity contribution in [1.82, 2.24) is 0 Å². The first-order chi connectivity index (χ1) is 8.15. The molecule has 0 heterocycles.